The minimum absolute atomic E-state index is 0.0350. The zero-order valence-electron chi connectivity index (χ0n) is 9.62. The SMILES string of the molecule is CCOC(=O)Cc1c(C#N)ccc(OC)c1Cl. The predicted octanol–water partition coefficient (Wildman–Crippen LogP) is 2.33. The van der Waals surface area contributed by atoms with Crippen molar-refractivity contribution in [3.05, 3.63) is 28.3 Å². The van der Waals surface area contributed by atoms with E-state index in [1.807, 2.05) is 6.07 Å². The van der Waals surface area contributed by atoms with Crippen LogP contribution >= 0.6 is 11.6 Å². The van der Waals surface area contributed by atoms with Crippen LogP contribution in [0.25, 0.3) is 0 Å². The molecule has 0 aliphatic rings. The molecule has 0 radical (unpaired) electrons. The van der Waals surface area contributed by atoms with Gasteiger partial charge < -0.3 is 9.47 Å². The Hall–Kier alpha value is -1.73. The number of carbonyl (C=O) groups excluding carboxylic acids is 1. The Morgan fingerprint density at radius 1 is 1.53 bits per heavy atom. The van der Waals surface area contributed by atoms with Gasteiger partial charge in [-0.25, -0.2) is 0 Å². The molecule has 4 nitrogen and oxygen atoms in total. The van der Waals surface area contributed by atoms with E-state index in [2.05, 4.69) is 0 Å². The molecule has 90 valence electrons. The molecule has 1 rings (SSSR count). The van der Waals surface area contributed by atoms with E-state index >= 15 is 0 Å². The van der Waals surface area contributed by atoms with E-state index < -0.39 is 5.97 Å². The van der Waals surface area contributed by atoms with Gasteiger partial charge in [0, 0.05) is 5.56 Å². The first-order valence-corrected chi connectivity index (χ1v) is 5.42. The maximum Gasteiger partial charge on any atom is 0.310 e. The van der Waals surface area contributed by atoms with Gasteiger partial charge in [-0.1, -0.05) is 11.6 Å². The molecule has 0 heterocycles. The first-order valence-electron chi connectivity index (χ1n) is 5.05. The summed E-state index contributed by atoms with van der Waals surface area (Å²) < 4.78 is 9.86. The fourth-order valence-corrected chi connectivity index (χ4v) is 1.70. The van der Waals surface area contributed by atoms with Gasteiger partial charge in [0.1, 0.15) is 5.75 Å². The molecule has 0 N–H and O–H groups in total. The summed E-state index contributed by atoms with van der Waals surface area (Å²) in [4.78, 5) is 11.4. The Kier molecular flexibility index (Phi) is 4.80. The Bertz CT molecular complexity index is 466. The molecule has 0 saturated heterocycles. The van der Waals surface area contributed by atoms with E-state index in [-0.39, 0.29) is 11.4 Å². The fourth-order valence-electron chi connectivity index (χ4n) is 1.39. The van der Waals surface area contributed by atoms with Crippen LogP contribution in [0.1, 0.15) is 18.1 Å². The van der Waals surface area contributed by atoms with Crippen LogP contribution in [0.5, 0.6) is 5.75 Å². The van der Waals surface area contributed by atoms with Crippen molar-refractivity contribution in [1.29, 1.82) is 5.26 Å². The molecule has 0 unspecified atom stereocenters. The molecular weight excluding hydrogens is 242 g/mol. The monoisotopic (exact) mass is 253 g/mol. The standard InChI is InChI=1S/C12H12ClNO3/c1-3-17-11(15)6-9-8(7-14)4-5-10(16-2)12(9)13/h4-5H,3,6H2,1-2H3. The number of hydrogen-bond donors (Lipinski definition) is 0. The van der Waals surface area contributed by atoms with Crippen LogP contribution in [-0.4, -0.2) is 19.7 Å². The van der Waals surface area contributed by atoms with Gasteiger partial charge in [0.25, 0.3) is 0 Å². The molecule has 0 spiro atoms. The summed E-state index contributed by atoms with van der Waals surface area (Å²) in [7, 11) is 1.47. The number of halogens is 1. The zero-order valence-corrected chi connectivity index (χ0v) is 10.4. The average Bonchev–Trinajstić information content (AvgIpc) is 2.32. The molecule has 1 aromatic carbocycles. The number of nitriles is 1. The number of esters is 1. The second-order valence-corrected chi connectivity index (χ2v) is 3.58. The van der Waals surface area contributed by atoms with Gasteiger partial charge in [-0.15, -0.1) is 0 Å². The van der Waals surface area contributed by atoms with E-state index in [1.54, 1.807) is 19.1 Å². The van der Waals surface area contributed by atoms with Crippen LogP contribution in [0.3, 0.4) is 0 Å². The van der Waals surface area contributed by atoms with E-state index in [0.29, 0.717) is 23.5 Å². The Labute approximate surface area is 105 Å². The lowest BCUT2D eigenvalue weighted by Gasteiger charge is -2.10. The van der Waals surface area contributed by atoms with E-state index in [1.165, 1.54) is 7.11 Å². The lowest BCUT2D eigenvalue weighted by molar-refractivity contribution is -0.142. The van der Waals surface area contributed by atoms with Gasteiger partial charge in [0.2, 0.25) is 0 Å². The second-order valence-electron chi connectivity index (χ2n) is 3.20. The highest BCUT2D eigenvalue weighted by atomic mass is 35.5. The number of benzene rings is 1. The van der Waals surface area contributed by atoms with Gasteiger partial charge in [-0.05, 0) is 19.1 Å². The van der Waals surface area contributed by atoms with Crippen molar-refractivity contribution in [2.75, 3.05) is 13.7 Å². The highest BCUT2D eigenvalue weighted by Gasteiger charge is 2.16. The molecular formula is C12H12ClNO3. The largest absolute Gasteiger partial charge is 0.495 e. The third kappa shape index (κ3) is 3.11. The first-order chi connectivity index (χ1) is 8.13. The summed E-state index contributed by atoms with van der Waals surface area (Å²) in [5, 5.41) is 9.23. The molecule has 0 saturated carbocycles. The van der Waals surface area contributed by atoms with Gasteiger partial charge in [0.05, 0.1) is 36.8 Å². The average molecular weight is 254 g/mol. The molecule has 0 bridgehead atoms. The quantitative estimate of drug-likeness (QED) is 0.773. The van der Waals surface area contributed by atoms with Gasteiger partial charge in [-0.3, -0.25) is 4.79 Å². The van der Waals surface area contributed by atoms with Crippen molar-refractivity contribution in [3.63, 3.8) is 0 Å². The smallest absolute Gasteiger partial charge is 0.310 e. The van der Waals surface area contributed by atoms with Crippen LogP contribution in [0, 0.1) is 11.3 Å². The molecule has 0 aliphatic heterocycles. The van der Waals surface area contributed by atoms with Gasteiger partial charge >= 0.3 is 5.97 Å². The zero-order chi connectivity index (χ0) is 12.8. The van der Waals surface area contributed by atoms with Crippen molar-refractivity contribution >= 4 is 17.6 Å². The molecule has 0 atom stereocenters. The lowest BCUT2D eigenvalue weighted by atomic mass is 10.0. The number of methoxy groups -OCH3 is 1. The van der Waals surface area contributed by atoms with Crippen LogP contribution < -0.4 is 4.74 Å². The van der Waals surface area contributed by atoms with E-state index in [4.69, 9.17) is 26.3 Å². The summed E-state index contributed by atoms with van der Waals surface area (Å²) >= 11 is 6.05. The number of rotatable bonds is 4. The lowest BCUT2D eigenvalue weighted by Crippen LogP contribution is -2.09. The molecule has 0 aromatic heterocycles. The summed E-state index contributed by atoms with van der Waals surface area (Å²) in [5.74, 6) is 0.0177. The first kappa shape index (κ1) is 13.3. The van der Waals surface area contributed by atoms with Gasteiger partial charge in [0.15, 0.2) is 0 Å². The van der Waals surface area contributed by atoms with Crippen molar-refractivity contribution in [2.45, 2.75) is 13.3 Å². The maximum absolute atomic E-state index is 11.4. The number of nitrogens with zero attached hydrogens (tertiary/aromatic N) is 1. The third-order valence-electron chi connectivity index (χ3n) is 2.17. The minimum atomic E-state index is -0.417. The molecule has 17 heavy (non-hydrogen) atoms. The Morgan fingerprint density at radius 3 is 2.76 bits per heavy atom. The molecule has 0 amide bonds. The van der Waals surface area contributed by atoms with Crippen molar-refractivity contribution in [2.24, 2.45) is 0 Å². The highest BCUT2D eigenvalue weighted by molar-refractivity contribution is 6.33. The Morgan fingerprint density at radius 2 is 2.24 bits per heavy atom. The highest BCUT2D eigenvalue weighted by Crippen LogP contribution is 2.30. The van der Waals surface area contributed by atoms with E-state index in [9.17, 15) is 4.79 Å². The van der Waals surface area contributed by atoms with Crippen LogP contribution in [0.4, 0.5) is 0 Å². The normalized spacial score (nSPS) is 9.53. The summed E-state index contributed by atoms with van der Waals surface area (Å²) in [5.41, 5.74) is 0.788. The summed E-state index contributed by atoms with van der Waals surface area (Å²) in [6, 6.07) is 5.15. The topological polar surface area (TPSA) is 59.3 Å². The van der Waals surface area contributed by atoms with Gasteiger partial charge in [-0.2, -0.15) is 5.26 Å². The maximum atomic E-state index is 11.4. The molecule has 1 aromatic rings. The number of hydrogen-bond acceptors (Lipinski definition) is 4. The minimum Gasteiger partial charge on any atom is -0.495 e. The summed E-state index contributed by atoms with van der Waals surface area (Å²) in [6.45, 7) is 2.01. The van der Waals surface area contributed by atoms with Crippen LogP contribution in [0.2, 0.25) is 5.02 Å². The predicted molar refractivity (Wildman–Crippen MR) is 63.1 cm³/mol. The second kappa shape index (κ2) is 6.12. The van der Waals surface area contributed by atoms with Crippen molar-refractivity contribution < 1.29 is 14.3 Å². The Balaban J connectivity index is 3.11. The third-order valence-corrected chi connectivity index (χ3v) is 2.59. The molecule has 0 fully saturated rings. The van der Waals surface area contributed by atoms with Crippen molar-refractivity contribution in [3.8, 4) is 11.8 Å². The fraction of sp³-hybridized carbons (Fsp3) is 0.333. The number of ether oxygens (including phenoxy) is 2. The number of carbonyl (C=O) groups is 1. The van der Waals surface area contributed by atoms with Crippen LogP contribution in [-0.2, 0) is 16.0 Å². The summed E-state index contributed by atoms with van der Waals surface area (Å²) in [6.07, 6.45) is -0.0350. The van der Waals surface area contributed by atoms with Crippen molar-refractivity contribution in [1.82, 2.24) is 0 Å². The molecule has 5 heteroatoms. The van der Waals surface area contributed by atoms with Crippen LogP contribution in [0.15, 0.2) is 12.1 Å². The molecule has 0 aliphatic carbocycles. The van der Waals surface area contributed by atoms with E-state index in [0.717, 1.165) is 0 Å².